The van der Waals surface area contributed by atoms with E-state index in [2.05, 4.69) is 10.6 Å². The molecule has 0 aliphatic heterocycles. The molecule has 0 unspecified atom stereocenters. The fourth-order valence-electron chi connectivity index (χ4n) is 2.99. The Hall–Kier alpha value is -2.12. The van der Waals surface area contributed by atoms with Gasteiger partial charge in [-0.25, -0.2) is 0 Å². The van der Waals surface area contributed by atoms with Crippen LogP contribution in [0.3, 0.4) is 0 Å². The first-order valence-electron chi connectivity index (χ1n) is 8.89. The summed E-state index contributed by atoms with van der Waals surface area (Å²) in [5.41, 5.74) is 0. The number of amides is 2. The molecule has 0 saturated carbocycles. The van der Waals surface area contributed by atoms with Gasteiger partial charge in [0.1, 0.15) is 9.75 Å². The van der Waals surface area contributed by atoms with Crippen LogP contribution in [0.1, 0.15) is 26.3 Å². The molecule has 2 aromatic heterocycles. The van der Waals surface area contributed by atoms with Crippen LogP contribution in [-0.2, 0) is 0 Å². The lowest BCUT2D eigenvalue weighted by atomic mass is 10.2. The second-order valence-corrected chi connectivity index (χ2v) is 9.43. The summed E-state index contributed by atoms with van der Waals surface area (Å²) in [5, 5.41) is 8.37. The van der Waals surface area contributed by atoms with E-state index < -0.39 is 0 Å². The van der Waals surface area contributed by atoms with Gasteiger partial charge in [-0.3, -0.25) is 9.59 Å². The van der Waals surface area contributed by atoms with Crippen molar-refractivity contribution < 1.29 is 9.59 Å². The van der Waals surface area contributed by atoms with Gasteiger partial charge in [-0.15, -0.1) is 22.7 Å². The van der Waals surface area contributed by atoms with Crippen molar-refractivity contribution in [3.63, 3.8) is 0 Å². The highest BCUT2D eigenvalue weighted by atomic mass is 35.5. The molecule has 2 heterocycles. The molecule has 0 fully saturated rings. The van der Waals surface area contributed by atoms with Crippen molar-refractivity contribution in [2.24, 2.45) is 0 Å². The number of thiophene rings is 2. The van der Waals surface area contributed by atoms with Crippen LogP contribution in [0.4, 0.5) is 0 Å². The summed E-state index contributed by atoms with van der Waals surface area (Å²) in [6, 6.07) is 15.0. The van der Waals surface area contributed by atoms with Crippen LogP contribution in [0.2, 0.25) is 10.0 Å². The molecule has 0 aliphatic rings. The van der Waals surface area contributed by atoms with Gasteiger partial charge in [-0.2, -0.15) is 0 Å². The minimum Gasteiger partial charge on any atom is -0.349 e. The summed E-state index contributed by atoms with van der Waals surface area (Å²) < 4.78 is 1.92. The number of fused-ring (bicyclic) bond motifs is 2. The van der Waals surface area contributed by atoms with Gasteiger partial charge < -0.3 is 10.6 Å². The number of hydrogen-bond acceptors (Lipinski definition) is 4. The monoisotopic (exact) mass is 462 g/mol. The van der Waals surface area contributed by atoms with Gasteiger partial charge in [0.15, 0.2) is 0 Å². The number of hydrogen-bond donors (Lipinski definition) is 2. The second-order valence-electron chi connectivity index (χ2n) is 6.57. The molecule has 0 bridgehead atoms. The van der Waals surface area contributed by atoms with Crippen LogP contribution in [0.25, 0.3) is 20.2 Å². The molecule has 4 aromatic rings. The molecule has 0 aliphatic carbocycles. The summed E-state index contributed by atoms with van der Waals surface area (Å²) >= 11 is 15.4. The van der Waals surface area contributed by atoms with Crippen molar-refractivity contribution in [2.45, 2.75) is 13.0 Å². The fourth-order valence-corrected chi connectivity index (χ4v) is 5.84. The predicted molar refractivity (Wildman–Crippen MR) is 123 cm³/mol. The Morgan fingerprint density at radius 1 is 0.862 bits per heavy atom. The maximum Gasteiger partial charge on any atom is 0.263 e. The molecule has 2 aromatic carbocycles. The van der Waals surface area contributed by atoms with E-state index in [9.17, 15) is 9.59 Å². The summed E-state index contributed by atoms with van der Waals surface area (Å²) in [5.74, 6) is -0.505. The molecule has 0 saturated heterocycles. The van der Waals surface area contributed by atoms with Crippen molar-refractivity contribution in [1.29, 1.82) is 0 Å². The Morgan fingerprint density at radius 2 is 1.34 bits per heavy atom. The fraction of sp³-hybridized carbons (Fsp3) is 0.143. The van der Waals surface area contributed by atoms with Crippen LogP contribution in [0, 0.1) is 0 Å². The molecule has 4 rings (SSSR count). The lowest BCUT2D eigenvalue weighted by molar-refractivity contribution is 0.0916. The quantitative estimate of drug-likeness (QED) is 0.383. The second kappa shape index (κ2) is 8.32. The minimum absolute atomic E-state index is 0.252. The van der Waals surface area contributed by atoms with Crippen molar-refractivity contribution in [2.75, 3.05) is 6.54 Å². The van der Waals surface area contributed by atoms with E-state index in [4.69, 9.17) is 23.2 Å². The maximum absolute atomic E-state index is 12.6. The highest BCUT2D eigenvalue weighted by Crippen LogP contribution is 2.36. The molecule has 29 heavy (non-hydrogen) atoms. The first-order valence-corrected chi connectivity index (χ1v) is 11.3. The van der Waals surface area contributed by atoms with Crippen molar-refractivity contribution in [3.05, 3.63) is 68.3 Å². The number of benzene rings is 2. The van der Waals surface area contributed by atoms with Gasteiger partial charge in [-0.1, -0.05) is 59.6 Å². The molecule has 2 N–H and O–H groups in total. The number of rotatable bonds is 5. The van der Waals surface area contributed by atoms with E-state index >= 15 is 0 Å². The Bertz CT molecular complexity index is 1230. The standard InChI is InChI=1S/C21H16Cl2N2O2S2/c1-11(25-21(27)19-17(23)13-7-3-5-9-15(13)29-19)10-24-20(26)18-16(22)12-6-2-4-8-14(12)28-18/h2-9,11H,10H2,1H3,(H,24,26)(H,25,27)/t11-/m0/s1. The molecule has 8 heteroatoms. The lowest BCUT2D eigenvalue weighted by Crippen LogP contribution is -2.41. The smallest absolute Gasteiger partial charge is 0.263 e. The van der Waals surface area contributed by atoms with E-state index in [0.717, 1.165) is 20.2 Å². The first kappa shape index (κ1) is 20.2. The van der Waals surface area contributed by atoms with Gasteiger partial charge in [-0.05, 0) is 19.1 Å². The van der Waals surface area contributed by atoms with Crippen LogP contribution < -0.4 is 10.6 Å². The lowest BCUT2D eigenvalue weighted by Gasteiger charge is -2.14. The molecule has 148 valence electrons. The summed E-state index contributed by atoms with van der Waals surface area (Å²) in [6.07, 6.45) is 0. The van der Waals surface area contributed by atoms with Gasteiger partial charge in [0.25, 0.3) is 11.8 Å². The third-order valence-corrected chi connectivity index (χ3v) is 7.78. The normalized spacial score (nSPS) is 12.2. The molecule has 4 nitrogen and oxygen atoms in total. The zero-order chi connectivity index (χ0) is 20.5. The summed E-state index contributed by atoms with van der Waals surface area (Å²) in [7, 11) is 0. The van der Waals surface area contributed by atoms with Crippen molar-refractivity contribution in [3.8, 4) is 0 Å². The topological polar surface area (TPSA) is 58.2 Å². The summed E-state index contributed by atoms with van der Waals surface area (Å²) in [6.45, 7) is 2.10. The first-order chi connectivity index (χ1) is 14.0. The van der Waals surface area contributed by atoms with E-state index in [-0.39, 0.29) is 24.4 Å². The average Bonchev–Trinajstić information content (AvgIpc) is 3.24. The molecule has 2 amide bonds. The van der Waals surface area contributed by atoms with Crippen molar-refractivity contribution in [1.82, 2.24) is 10.6 Å². The average molecular weight is 463 g/mol. The SMILES string of the molecule is C[C@@H](CNC(=O)c1sc2ccccc2c1Cl)NC(=O)c1sc2ccccc2c1Cl. The van der Waals surface area contributed by atoms with E-state index in [1.165, 1.54) is 22.7 Å². The highest BCUT2D eigenvalue weighted by molar-refractivity contribution is 7.22. The number of nitrogens with one attached hydrogen (secondary N) is 2. The maximum atomic E-state index is 12.6. The Labute approximate surface area is 185 Å². The number of halogens is 2. The van der Waals surface area contributed by atoms with Crippen molar-refractivity contribution >= 4 is 77.9 Å². The molecule has 0 radical (unpaired) electrons. The van der Waals surface area contributed by atoms with E-state index in [0.29, 0.717) is 19.8 Å². The Kier molecular flexibility index (Phi) is 5.79. The third kappa shape index (κ3) is 3.98. The zero-order valence-corrected chi connectivity index (χ0v) is 18.4. The van der Waals surface area contributed by atoms with Gasteiger partial charge in [0.05, 0.1) is 10.0 Å². The molecular weight excluding hydrogens is 447 g/mol. The van der Waals surface area contributed by atoms with E-state index in [1.807, 2.05) is 55.5 Å². The zero-order valence-electron chi connectivity index (χ0n) is 15.3. The predicted octanol–water partition coefficient (Wildman–Crippen LogP) is 5.97. The Balaban J connectivity index is 1.40. The van der Waals surface area contributed by atoms with Gasteiger partial charge in [0.2, 0.25) is 0 Å². The summed E-state index contributed by atoms with van der Waals surface area (Å²) in [4.78, 5) is 26.1. The van der Waals surface area contributed by atoms with Crippen LogP contribution >= 0.6 is 45.9 Å². The minimum atomic E-state index is -0.277. The van der Waals surface area contributed by atoms with Crippen LogP contribution in [-0.4, -0.2) is 24.4 Å². The van der Waals surface area contributed by atoms with Crippen LogP contribution in [0.15, 0.2) is 48.5 Å². The largest absolute Gasteiger partial charge is 0.349 e. The molecule has 1 atom stereocenters. The van der Waals surface area contributed by atoms with E-state index in [1.54, 1.807) is 0 Å². The number of carbonyl (C=O) groups excluding carboxylic acids is 2. The van der Waals surface area contributed by atoms with Gasteiger partial charge in [0, 0.05) is 32.8 Å². The molecule has 0 spiro atoms. The third-order valence-electron chi connectivity index (χ3n) is 4.43. The molecular formula is C21H16Cl2N2O2S2. The highest BCUT2D eigenvalue weighted by Gasteiger charge is 2.20. The number of carbonyl (C=O) groups is 2. The Morgan fingerprint density at radius 3 is 1.86 bits per heavy atom. The van der Waals surface area contributed by atoms with Crippen LogP contribution in [0.5, 0.6) is 0 Å². The van der Waals surface area contributed by atoms with Gasteiger partial charge >= 0.3 is 0 Å².